The number of aromatic hydroxyl groups is 2. The molecule has 0 spiro atoms. The van der Waals surface area contributed by atoms with Crippen LogP contribution in [0.4, 0.5) is 5.69 Å². The van der Waals surface area contributed by atoms with Gasteiger partial charge < -0.3 is 15.5 Å². The highest BCUT2D eigenvalue weighted by molar-refractivity contribution is 6.08. The minimum atomic E-state index is -0.524. The molecule has 4 heteroatoms. The molecule has 20 heavy (non-hydrogen) atoms. The van der Waals surface area contributed by atoms with E-state index < -0.39 is 5.91 Å². The molecule has 0 fully saturated rings. The molecule has 1 amide bonds. The minimum Gasteiger partial charge on any atom is -0.507 e. The van der Waals surface area contributed by atoms with Gasteiger partial charge >= 0.3 is 0 Å². The summed E-state index contributed by atoms with van der Waals surface area (Å²) in [6.45, 7) is 2.06. The molecular formula is C16H17NO3. The second-order valence-corrected chi connectivity index (χ2v) is 4.53. The molecule has 0 aliphatic heterocycles. The van der Waals surface area contributed by atoms with E-state index in [0.29, 0.717) is 5.69 Å². The van der Waals surface area contributed by atoms with Crippen LogP contribution in [-0.4, -0.2) is 16.1 Å². The fourth-order valence-electron chi connectivity index (χ4n) is 2.08. The molecule has 0 bridgehead atoms. The second-order valence-electron chi connectivity index (χ2n) is 4.53. The van der Waals surface area contributed by atoms with Crippen molar-refractivity contribution in [2.45, 2.75) is 19.8 Å². The molecule has 3 N–H and O–H groups in total. The van der Waals surface area contributed by atoms with E-state index in [1.54, 1.807) is 6.07 Å². The van der Waals surface area contributed by atoms with Gasteiger partial charge in [0.05, 0.1) is 0 Å². The molecule has 2 aromatic rings. The molecule has 0 saturated carbocycles. The zero-order valence-electron chi connectivity index (χ0n) is 11.3. The summed E-state index contributed by atoms with van der Waals surface area (Å²) in [5.74, 6) is -1.00. The van der Waals surface area contributed by atoms with E-state index in [1.807, 2.05) is 18.2 Å². The lowest BCUT2D eigenvalue weighted by Crippen LogP contribution is -2.13. The lowest BCUT2D eigenvalue weighted by molar-refractivity contribution is 0.102. The SMILES string of the molecule is CCCc1ccccc1NC(=O)c1c(O)cccc1O. The van der Waals surface area contributed by atoms with Crippen LogP contribution in [0.25, 0.3) is 0 Å². The van der Waals surface area contributed by atoms with Crippen molar-refractivity contribution in [2.75, 3.05) is 5.32 Å². The van der Waals surface area contributed by atoms with Crippen molar-refractivity contribution in [3.63, 3.8) is 0 Å². The van der Waals surface area contributed by atoms with Gasteiger partial charge in [0.1, 0.15) is 17.1 Å². The maximum Gasteiger partial charge on any atom is 0.263 e. The van der Waals surface area contributed by atoms with Crippen molar-refractivity contribution in [1.82, 2.24) is 0 Å². The number of benzene rings is 2. The number of hydrogen-bond donors (Lipinski definition) is 3. The average Bonchev–Trinajstić information content (AvgIpc) is 2.41. The van der Waals surface area contributed by atoms with Crippen LogP contribution in [0.1, 0.15) is 29.3 Å². The number of rotatable bonds is 4. The number of anilines is 1. The summed E-state index contributed by atoms with van der Waals surface area (Å²) in [7, 11) is 0. The predicted molar refractivity (Wildman–Crippen MR) is 78.2 cm³/mol. The minimum absolute atomic E-state index is 0.112. The molecule has 0 aliphatic rings. The molecule has 0 aromatic heterocycles. The quantitative estimate of drug-likeness (QED) is 0.799. The number of nitrogens with one attached hydrogen (secondary N) is 1. The Kier molecular flexibility index (Phi) is 4.25. The first-order valence-corrected chi connectivity index (χ1v) is 6.53. The van der Waals surface area contributed by atoms with Gasteiger partial charge in [-0.15, -0.1) is 0 Å². The van der Waals surface area contributed by atoms with Gasteiger partial charge in [0, 0.05) is 5.69 Å². The third-order valence-corrected chi connectivity index (χ3v) is 3.03. The molecule has 0 saturated heterocycles. The van der Waals surface area contributed by atoms with Crippen molar-refractivity contribution in [3.8, 4) is 11.5 Å². The number of carbonyl (C=O) groups is 1. The van der Waals surface area contributed by atoms with Crippen molar-refractivity contribution >= 4 is 11.6 Å². The Bertz CT molecular complexity index is 603. The van der Waals surface area contributed by atoms with Crippen LogP contribution < -0.4 is 5.32 Å². The van der Waals surface area contributed by atoms with Crippen molar-refractivity contribution in [3.05, 3.63) is 53.6 Å². The van der Waals surface area contributed by atoms with Crippen LogP contribution >= 0.6 is 0 Å². The standard InChI is InChI=1S/C16H17NO3/c1-2-6-11-7-3-4-8-12(11)17-16(20)15-13(18)9-5-10-14(15)19/h3-5,7-10,18-19H,2,6H2,1H3,(H,17,20). The molecule has 0 radical (unpaired) electrons. The second kappa shape index (κ2) is 6.10. The van der Waals surface area contributed by atoms with E-state index >= 15 is 0 Å². The molecule has 2 aromatic carbocycles. The molecule has 104 valence electrons. The maximum absolute atomic E-state index is 12.2. The van der Waals surface area contributed by atoms with Gasteiger partial charge in [-0.1, -0.05) is 37.6 Å². The summed E-state index contributed by atoms with van der Waals surface area (Å²) in [5, 5.41) is 22.1. The zero-order valence-corrected chi connectivity index (χ0v) is 11.3. The number of amides is 1. The zero-order chi connectivity index (χ0) is 14.5. The number of hydrogen-bond acceptors (Lipinski definition) is 3. The Labute approximate surface area is 117 Å². The van der Waals surface area contributed by atoms with Crippen LogP contribution in [0.15, 0.2) is 42.5 Å². The van der Waals surface area contributed by atoms with Gasteiger partial charge in [0.2, 0.25) is 0 Å². The highest BCUT2D eigenvalue weighted by atomic mass is 16.3. The third-order valence-electron chi connectivity index (χ3n) is 3.03. The summed E-state index contributed by atoms with van der Waals surface area (Å²) in [5.41, 5.74) is 1.61. The monoisotopic (exact) mass is 271 g/mol. The average molecular weight is 271 g/mol. The molecule has 2 rings (SSSR count). The van der Waals surface area contributed by atoms with Gasteiger partial charge in [-0.2, -0.15) is 0 Å². The lowest BCUT2D eigenvalue weighted by Gasteiger charge is -2.12. The van der Waals surface area contributed by atoms with E-state index in [-0.39, 0.29) is 17.1 Å². The molecular weight excluding hydrogens is 254 g/mol. The van der Waals surface area contributed by atoms with Crippen LogP contribution in [-0.2, 0) is 6.42 Å². The first-order chi connectivity index (χ1) is 9.63. The summed E-state index contributed by atoms with van der Waals surface area (Å²) < 4.78 is 0. The molecule has 4 nitrogen and oxygen atoms in total. The Morgan fingerprint density at radius 2 is 1.70 bits per heavy atom. The topological polar surface area (TPSA) is 69.6 Å². The third kappa shape index (κ3) is 2.91. The van der Waals surface area contributed by atoms with Gasteiger partial charge in [-0.05, 0) is 30.2 Å². The van der Waals surface area contributed by atoms with Crippen LogP contribution in [0.3, 0.4) is 0 Å². The number of carbonyl (C=O) groups excluding carboxylic acids is 1. The normalized spacial score (nSPS) is 10.2. The molecule has 0 unspecified atom stereocenters. The first kappa shape index (κ1) is 13.9. The summed E-state index contributed by atoms with van der Waals surface area (Å²) in [6.07, 6.45) is 1.82. The van der Waals surface area contributed by atoms with Crippen LogP contribution in [0, 0.1) is 0 Å². The smallest absolute Gasteiger partial charge is 0.263 e. The Balaban J connectivity index is 2.28. The fraction of sp³-hybridized carbons (Fsp3) is 0.188. The van der Waals surface area contributed by atoms with Crippen LogP contribution in [0.5, 0.6) is 11.5 Å². The highest BCUT2D eigenvalue weighted by Gasteiger charge is 2.16. The number of aryl methyl sites for hydroxylation is 1. The molecule has 0 atom stereocenters. The lowest BCUT2D eigenvalue weighted by atomic mass is 10.1. The van der Waals surface area contributed by atoms with E-state index in [9.17, 15) is 15.0 Å². The van der Waals surface area contributed by atoms with E-state index in [0.717, 1.165) is 18.4 Å². The van der Waals surface area contributed by atoms with Crippen LogP contribution in [0.2, 0.25) is 0 Å². The summed E-state index contributed by atoms with van der Waals surface area (Å²) in [4.78, 5) is 12.2. The Morgan fingerprint density at radius 1 is 1.05 bits per heavy atom. The molecule has 0 heterocycles. The van der Waals surface area contributed by atoms with Gasteiger partial charge in [0.15, 0.2) is 0 Å². The van der Waals surface area contributed by atoms with Gasteiger partial charge in [0.25, 0.3) is 5.91 Å². The predicted octanol–water partition coefficient (Wildman–Crippen LogP) is 3.30. The summed E-state index contributed by atoms with van der Waals surface area (Å²) in [6, 6.07) is 11.7. The highest BCUT2D eigenvalue weighted by Crippen LogP contribution is 2.27. The van der Waals surface area contributed by atoms with Crippen molar-refractivity contribution < 1.29 is 15.0 Å². The fourth-order valence-corrected chi connectivity index (χ4v) is 2.08. The Morgan fingerprint density at radius 3 is 2.35 bits per heavy atom. The van der Waals surface area contributed by atoms with E-state index in [1.165, 1.54) is 18.2 Å². The number of phenols is 2. The number of phenolic OH excluding ortho intramolecular Hbond substituents is 2. The Hall–Kier alpha value is -2.49. The largest absolute Gasteiger partial charge is 0.507 e. The van der Waals surface area contributed by atoms with Gasteiger partial charge in [-0.3, -0.25) is 4.79 Å². The molecule has 0 aliphatic carbocycles. The number of para-hydroxylation sites is 1. The van der Waals surface area contributed by atoms with E-state index in [2.05, 4.69) is 12.2 Å². The first-order valence-electron chi connectivity index (χ1n) is 6.53. The van der Waals surface area contributed by atoms with E-state index in [4.69, 9.17) is 0 Å². The van der Waals surface area contributed by atoms with Crippen molar-refractivity contribution in [1.29, 1.82) is 0 Å². The van der Waals surface area contributed by atoms with Gasteiger partial charge in [-0.25, -0.2) is 0 Å². The van der Waals surface area contributed by atoms with Crippen molar-refractivity contribution in [2.24, 2.45) is 0 Å². The maximum atomic E-state index is 12.2. The summed E-state index contributed by atoms with van der Waals surface area (Å²) >= 11 is 0.